The minimum atomic E-state index is -0.747. The lowest BCUT2D eigenvalue weighted by atomic mass is 10.2. The van der Waals surface area contributed by atoms with Crippen molar-refractivity contribution in [3.05, 3.63) is 80.2 Å². The van der Waals surface area contributed by atoms with Crippen LogP contribution in [0.15, 0.2) is 53.2 Å². The number of carbonyl (C=O) groups excluding carboxylic acids is 1. The highest BCUT2D eigenvalue weighted by molar-refractivity contribution is 6.32. The van der Waals surface area contributed by atoms with Crippen molar-refractivity contribution in [2.24, 2.45) is 4.99 Å². The number of halogens is 2. The van der Waals surface area contributed by atoms with Gasteiger partial charge < -0.3 is 4.74 Å². The van der Waals surface area contributed by atoms with Gasteiger partial charge in [-0.2, -0.15) is 0 Å². The summed E-state index contributed by atoms with van der Waals surface area (Å²) in [5.41, 5.74) is 0.189. The molecule has 1 heterocycles. The number of carbonyl (C=O) groups is 1. The fourth-order valence-electron chi connectivity index (χ4n) is 2.08. The van der Waals surface area contributed by atoms with Crippen molar-refractivity contribution in [2.45, 2.75) is 0 Å². The molecule has 2 aromatic rings. The smallest absolute Gasteiger partial charge is 0.363 e. The van der Waals surface area contributed by atoms with Gasteiger partial charge in [0.2, 0.25) is 5.90 Å². The van der Waals surface area contributed by atoms with Gasteiger partial charge in [0, 0.05) is 6.07 Å². The van der Waals surface area contributed by atoms with Crippen LogP contribution in [0, 0.1) is 15.9 Å². The summed E-state index contributed by atoms with van der Waals surface area (Å²) in [6.45, 7) is 0. The van der Waals surface area contributed by atoms with Crippen LogP contribution in [0.4, 0.5) is 10.1 Å². The van der Waals surface area contributed by atoms with Gasteiger partial charge in [0.25, 0.3) is 5.69 Å². The number of hydrogen-bond acceptors (Lipinski definition) is 5. The van der Waals surface area contributed by atoms with Gasteiger partial charge >= 0.3 is 5.97 Å². The molecule has 1 aliphatic heterocycles. The Morgan fingerprint density at radius 1 is 1.25 bits per heavy atom. The zero-order valence-corrected chi connectivity index (χ0v) is 12.7. The van der Waals surface area contributed by atoms with Crippen LogP contribution < -0.4 is 0 Å². The Morgan fingerprint density at radius 3 is 2.67 bits per heavy atom. The number of nitrogens with zero attached hydrogens (tertiary/aromatic N) is 2. The molecule has 8 heteroatoms. The molecule has 0 N–H and O–H groups in total. The highest BCUT2D eigenvalue weighted by Crippen LogP contribution is 2.27. The van der Waals surface area contributed by atoms with Crippen LogP contribution in [-0.4, -0.2) is 16.8 Å². The van der Waals surface area contributed by atoms with Crippen LogP contribution in [0.2, 0.25) is 5.02 Å². The predicted octanol–water partition coefficient (Wildman–Crippen LogP) is 3.73. The van der Waals surface area contributed by atoms with Gasteiger partial charge in [-0.1, -0.05) is 23.7 Å². The van der Waals surface area contributed by atoms with E-state index in [1.54, 1.807) is 6.07 Å². The SMILES string of the molecule is O=C1OC(c2ccccc2F)=N/C1=C/c1ccc([N+](=O)[O-])c(Cl)c1. The Balaban J connectivity index is 1.96. The molecule has 0 aliphatic carbocycles. The normalized spacial score (nSPS) is 15.3. The zero-order valence-electron chi connectivity index (χ0n) is 11.9. The second-order valence-corrected chi connectivity index (χ2v) is 5.19. The summed E-state index contributed by atoms with van der Waals surface area (Å²) in [4.78, 5) is 26.0. The maximum absolute atomic E-state index is 13.7. The summed E-state index contributed by atoms with van der Waals surface area (Å²) in [6, 6.07) is 9.73. The molecule has 0 spiro atoms. The molecule has 24 heavy (non-hydrogen) atoms. The first kappa shape index (κ1) is 15.8. The van der Waals surface area contributed by atoms with Gasteiger partial charge in [-0.3, -0.25) is 10.1 Å². The Hall–Kier alpha value is -3.06. The molecule has 1 aliphatic rings. The lowest BCUT2D eigenvalue weighted by Gasteiger charge is -1.99. The van der Waals surface area contributed by atoms with E-state index in [-0.39, 0.29) is 27.9 Å². The van der Waals surface area contributed by atoms with E-state index in [1.807, 2.05) is 0 Å². The van der Waals surface area contributed by atoms with E-state index in [2.05, 4.69) is 4.99 Å². The number of esters is 1. The molecule has 0 atom stereocenters. The van der Waals surface area contributed by atoms with Crippen molar-refractivity contribution in [1.82, 2.24) is 0 Å². The maximum Gasteiger partial charge on any atom is 0.363 e. The van der Waals surface area contributed by atoms with E-state index in [0.717, 1.165) is 0 Å². The fourth-order valence-corrected chi connectivity index (χ4v) is 2.34. The second kappa shape index (κ2) is 6.21. The van der Waals surface area contributed by atoms with E-state index in [0.29, 0.717) is 5.56 Å². The fraction of sp³-hybridized carbons (Fsp3) is 0. The number of ether oxygens (including phenoxy) is 1. The van der Waals surface area contributed by atoms with Gasteiger partial charge in [-0.05, 0) is 35.9 Å². The van der Waals surface area contributed by atoms with Gasteiger partial charge in [0.05, 0.1) is 10.5 Å². The van der Waals surface area contributed by atoms with Crippen LogP contribution in [0.5, 0.6) is 0 Å². The van der Waals surface area contributed by atoms with E-state index < -0.39 is 16.7 Å². The minimum absolute atomic E-state index is 0.0572. The summed E-state index contributed by atoms with van der Waals surface area (Å²) in [7, 11) is 0. The number of rotatable bonds is 3. The molecule has 0 saturated heterocycles. The topological polar surface area (TPSA) is 81.8 Å². The summed E-state index contributed by atoms with van der Waals surface area (Å²) in [5.74, 6) is -1.45. The molecule has 2 aromatic carbocycles. The number of benzene rings is 2. The number of nitro benzene ring substituents is 1. The highest BCUT2D eigenvalue weighted by Gasteiger charge is 2.26. The molecular formula is C16H8ClFN2O4. The van der Waals surface area contributed by atoms with Crippen molar-refractivity contribution in [3.63, 3.8) is 0 Å². The van der Waals surface area contributed by atoms with Crippen molar-refractivity contribution in [1.29, 1.82) is 0 Å². The number of hydrogen-bond donors (Lipinski definition) is 0. The molecule has 0 aromatic heterocycles. The van der Waals surface area contributed by atoms with E-state index in [1.165, 1.54) is 42.5 Å². The number of cyclic esters (lactones) is 1. The summed E-state index contributed by atoms with van der Waals surface area (Å²) in [5, 5.41) is 10.7. The first-order chi connectivity index (χ1) is 11.5. The average Bonchev–Trinajstić information content (AvgIpc) is 2.88. The molecule has 0 amide bonds. The maximum atomic E-state index is 13.7. The molecule has 6 nitrogen and oxygen atoms in total. The van der Waals surface area contributed by atoms with E-state index >= 15 is 0 Å². The van der Waals surface area contributed by atoms with Crippen molar-refractivity contribution >= 4 is 35.2 Å². The monoisotopic (exact) mass is 346 g/mol. The van der Waals surface area contributed by atoms with E-state index in [4.69, 9.17) is 16.3 Å². The summed E-state index contributed by atoms with van der Waals surface area (Å²) >= 11 is 5.82. The van der Waals surface area contributed by atoms with Gasteiger partial charge in [-0.15, -0.1) is 0 Å². The molecule has 0 fully saturated rings. The van der Waals surface area contributed by atoms with Gasteiger partial charge in [0.15, 0.2) is 5.70 Å². The highest BCUT2D eigenvalue weighted by atomic mass is 35.5. The van der Waals surface area contributed by atoms with Crippen LogP contribution in [0.3, 0.4) is 0 Å². The Morgan fingerprint density at radius 2 is 2.00 bits per heavy atom. The largest absolute Gasteiger partial charge is 0.402 e. The first-order valence-corrected chi connectivity index (χ1v) is 7.05. The molecule has 0 saturated carbocycles. The van der Waals surface area contributed by atoms with Crippen LogP contribution >= 0.6 is 11.6 Å². The third kappa shape index (κ3) is 3.02. The third-order valence-corrected chi connectivity index (χ3v) is 3.50. The molecule has 0 bridgehead atoms. The molecule has 0 radical (unpaired) electrons. The van der Waals surface area contributed by atoms with Crippen molar-refractivity contribution in [3.8, 4) is 0 Å². The molecule has 120 valence electrons. The first-order valence-electron chi connectivity index (χ1n) is 6.67. The molecule has 0 unspecified atom stereocenters. The Labute approximate surface area is 140 Å². The van der Waals surface area contributed by atoms with E-state index in [9.17, 15) is 19.3 Å². The Bertz CT molecular complexity index is 924. The summed E-state index contributed by atoms with van der Waals surface area (Å²) in [6.07, 6.45) is 1.35. The van der Waals surface area contributed by atoms with Gasteiger partial charge in [0.1, 0.15) is 10.8 Å². The Kier molecular flexibility index (Phi) is 4.09. The third-order valence-electron chi connectivity index (χ3n) is 3.20. The predicted molar refractivity (Wildman–Crippen MR) is 85.1 cm³/mol. The van der Waals surface area contributed by atoms with Crippen LogP contribution in [0.25, 0.3) is 6.08 Å². The van der Waals surface area contributed by atoms with Crippen molar-refractivity contribution in [2.75, 3.05) is 0 Å². The van der Waals surface area contributed by atoms with Crippen LogP contribution in [-0.2, 0) is 9.53 Å². The lowest BCUT2D eigenvalue weighted by Crippen LogP contribution is -2.07. The summed E-state index contributed by atoms with van der Waals surface area (Å²) < 4.78 is 18.7. The zero-order chi connectivity index (χ0) is 17.3. The average molecular weight is 347 g/mol. The lowest BCUT2D eigenvalue weighted by molar-refractivity contribution is -0.384. The minimum Gasteiger partial charge on any atom is -0.402 e. The van der Waals surface area contributed by atoms with Crippen molar-refractivity contribution < 1.29 is 18.8 Å². The van der Waals surface area contributed by atoms with Gasteiger partial charge in [-0.25, -0.2) is 14.2 Å². The second-order valence-electron chi connectivity index (χ2n) is 4.78. The quantitative estimate of drug-likeness (QED) is 0.367. The number of nitro groups is 1. The number of aliphatic imine (C=N–C) groups is 1. The van der Waals surface area contributed by atoms with Crippen LogP contribution in [0.1, 0.15) is 11.1 Å². The molecular weight excluding hydrogens is 339 g/mol. The standard InChI is InChI=1S/C16H8ClFN2O4/c17-11-7-9(5-6-14(11)20(22)23)8-13-16(21)24-15(19-13)10-3-1-2-4-12(10)18/h1-8H/b13-8+. The molecule has 3 rings (SSSR count).